The van der Waals surface area contributed by atoms with Crippen LogP contribution in [0.4, 0.5) is 30.5 Å². The summed E-state index contributed by atoms with van der Waals surface area (Å²) in [6.07, 6.45) is -4.63. The smallest absolute Gasteiger partial charge is 0.384 e. The van der Waals surface area contributed by atoms with E-state index >= 15 is 0 Å². The molecule has 0 atom stereocenters. The molecule has 112 valence electrons. The van der Waals surface area contributed by atoms with Crippen molar-refractivity contribution >= 4 is 17.3 Å². The lowest BCUT2D eigenvalue weighted by Crippen LogP contribution is -2.18. The molecule has 0 aliphatic rings. The first kappa shape index (κ1) is 15.1. The number of nitrogens with two attached hydrogens (primary N) is 1. The largest absolute Gasteiger partial charge is 0.451 e. The Morgan fingerprint density at radius 3 is 2.10 bits per heavy atom. The standard InChI is InChI=1S/C14H15F3N4/c1-8-4-9(2)6-10(5-8)21(3)12-7-11(18)19-13(20-12)14(15,16)17/h4-7H,1-3H3,(H2,18,19,20). The minimum absolute atomic E-state index is 0.0971. The molecule has 4 nitrogen and oxygen atoms in total. The van der Waals surface area contributed by atoms with E-state index in [1.807, 2.05) is 32.0 Å². The molecule has 1 aromatic carbocycles. The molecule has 0 aliphatic carbocycles. The molecular formula is C14H15F3N4. The van der Waals surface area contributed by atoms with Crippen molar-refractivity contribution in [3.8, 4) is 0 Å². The van der Waals surface area contributed by atoms with Crippen molar-refractivity contribution in [1.29, 1.82) is 0 Å². The highest BCUT2D eigenvalue weighted by molar-refractivity contribution is 5.62. The van der Waals surface area contributed by atoms with Crippen molar-refractivity contribution in [1.82, 2.24) is 9.97 Å². The van der Waals surface area contributed by atoms with E-state index < -0.39 is 12.0 Å². The van der Waals surface area contributed by atoms with E-state index in [0.717, 1.165) is 16.8 Å². The summed E-state index contributed by atoms with van der Waals surface area (Å²) in [6.45, 7) is 3.83. The predicted octanol–water partition coefficient (Wildman–Crippen LogP) is 3.46. The Morgan fingerprint density at radius 1 is 1.00 bits per heavy atom. The highest BCUT2D eigenvalue weighted by Crippen LogP contribution is 2.30. The van der Waals surface area contributed by atoms with E-state index in [1.165, 1.54) is 6.07 Å². The average molecular weight is 296 g/mol. The highest BCUT2D eigenvalue weighted by Gasteiger charge is 2.35. The molecule has 0 saturated carbocycles. The molecule has 0 fully saturated rings. The van der Waals surface area contributed by atoms with Gasteiger partial charge in [0.1, 0.15) is 11.6 Å². The van der Waals surface area contributed by atoms with Crippen molar-refractivity contribution in [3.05, 3.63) is 41.2 Å². The highest BCUT2D eigenvalue weighted by atomic mass is 19.4. The van der Waals surface area contributed by atoms with Gasteiger partial charge in [-0.05, 0) is 37.1 Å². The fourth-order valence-corrected chi connectivity index (χ4v) is 2.03. The molecule has 0 amide bonds. The van der Waals surface area contributed by atoms with Crippen LogP contribution in [0.15, 0.2) is 24.3 Å². The Bertz CT molecular complexity index is 648. The normalized spacial score (nSPS) is 11.5. The molecular weight excluding hydrogens is 281 g/mol. The third-order valence-corrected chi connectivity index (χ3v) is 2.92. The van der Waals surface area contributed by atoms with Gasteiger partial charge in [-0.2, -0.15) is 13.2 Å². The Balaban J connectivity index is 2.48. The van der Waals surface area contributed by atoms with Gasteiger partial charge < -0.3 is 10.6 Å². The lowest BCUT2D eigenvalue weighted by Gasteiger charge is -2.20. The van der Waals surface area contributed by atoms with Crippen LogP contribution in [0.25, 0.3) is 0 Å². The van der Waals surface area contributed by atoms with E-state index in [9.17, 15) is 13.2 Å². The first-order chi connectivity index (χ1) is 9.66. The summed E-state index contributed by atoms with van der Waals surface area (Å²) in [6, 6.07) is 7.01. The maximum Gasteiger partial charge on any atom is 0.451 e. The second-order valence-electron chi connectivity index (χ2n) is 4.88. The monoisotopic (exact) mass is 296 g/mol. The maximum absolute atomic E-state index is 12.7. The molecule has 2 aromatic rings. The summed E-state index contributed by atoms with van der Waals surface area (Å²) in [4.78, 5) is 8.33. The molecule has 1 aromatic heterocycles. The van der Waals surface area contributed by atoms with Crippen LogP contribution in [-0.2, 0) is 6.18 Å². The lowest BCUT2D eigenvalue weighted by atomic mass is 10.1. The summed E-state index contributed by atoms with van der Waals surface area (Å²) in [7, 11) is 1.64. The van der Waals surface area contributed by atoms with Crippen molar-refractivity contribution in [2.45, 2.75) is 20.0 Å². The number of nitrogens with zero attached hydrogens (tertiary/aromatic N) is 3. The van der Waals surface area contributed by atoms with Gasteiger partial charge in [0.05, 0.1) is 0 Å². The second kappa shape index (κ2) is 5.23. The van der Waals surface area contributed by atoms with E-state index in [1.54, 1.807) is 11.9 Å². The molecule has 7 heteroatoms. The van der Waals surface area contributed by atoms with Gasteiger partial charge >= 0.3 is 6.18 Å². The molecule has 0 bridgehead atoms. The molecule has 2 N–H and O–H groups in total. The molecule has 0 radical (unpaired) electrons. The van der Waals surface area contributed by atoms with Crippen LogP contribution >= 0.6 is 0 Å². The molecule has 0 saturated heterocycles. The number of hydrogen-bond acceptors (Lipinski definition) is 4. The number of nitrogen functional groups attached to an aromatic ring is 1. The molecule has 21 heavy (non-hydrogen) atoms. The second-order valence-corrected chi connectivity index (χ2v) is 4.88. The number of alkyl halides is 3. The van der Waals surface area contributed by atoms with Gasteiger partial charge in [-0.15, -0.1) is 0 Å². The number of anilines is 3. The molecule has 0 unspecified atom stereocenters. The van der Waals surface area contributed by atoms with E-state index in [2.05, 4.69) is 9.97 Å². The molecule has 0 aliphatic heterocycles. The minimum Gasteiger partial charge on any atom is -0.384 e. The van der Waals surface area contributed by atoms with Crippen molar-refractivity contribution in [2.75, 3.05) is 17.7 Å². The number of benzene rings is 1. The average Bonchev–Trinajstić information content (AvgIpc) is 2.35. The van der Waals surface area contributed by atoms with Gasteiger partial charge in [-0.25, -0.2) is 9.97 Å². The summed E-state index contributed by atoms with van der Waals surface area (Å²) >= 11 is 0. The van der Waals surface area contributed by atoms with Crippen LogP contribution in [-0.4, -0.2) is 17.0 Å². The SMILES string of the molecule is Cc1cc(C)cc(N(C)c2cc(N)nc(C(F)(F)F)n2)c1. The van der Waals surface area contributed by atoms with Gasteiger partial charge in [0.15, 0.2) is 0 Å². The van der Waals surface area contributed by atoms with Gasteiger partial charge in [0.2, 0.25) is 5.82 Å². The van der Waals surface area contributed by atoms with Crippen molar-refractivity contribution in [2.24, 2.45) is 0 Å². The topological polar surface area (TPSA) is 55.0 Å². The zero-order valence-electron chi connectivity index (χ0n) is 11.9. The third-order valence-electron chi connectivity index (χ3n) is 2.92. The number of aromatic nitrogens is 2. The number of aryl methyl sites for hydroxylation is 2. The van der Waals surface area contributed by atoms with Crippen LogP contribution in [0.1, 0.15) is 17.0 Å². The van der Waals surface area contributed by atoms with E-state index in [4.69, 9.17) is 5.73 Å². The maximum atomic E-state index is 12.7. The fourth-order valence-electron chi connectivity index (χ4n) is 2.03. The number of halogens is 3. The Hall–Kier alpha value is -2.31. The lowest BCUT2D eigenvalue weighted by molar-refractivity contribution is -0.144. The first-order valence-corrected chi connectivity index (χ1v) is 6.20. The van der Waals surface area contributed by atoms with Crippen LogP contribution in [0.2, 0.25) is 0 Å². The molecule has 1 heterocycles. The first-order valence-electron chi connectivity index (χ1n) is 6.20. The fraction of sp³-hybridized carbons (Fsp3) is 0.286. The van der Waals surface area contributed by atoms with Gasteiger partial charge in [0, 0.05) is 18.8 Å². The van der Waals surface area contributed by atoms with Crippen LogP contribution in [0.5, 0.6) is 0 Å². The van der Waals surface area contributed by atoms with Gasteiger partial charge in [-0.1, -0.05) is 6.07 Å². The zero-order chi connectivity index (χ0) is 15.8. The molecule has 0 spiro atoms. The van der Waals surface area contributed by atoms with Gasteiger partial charge in [0.25, 0.3) is 0 Å². The minimum atomic E-state index is -4.63. The summed E-state index contributed by atoms with van der Waals surface area (Å²) in [5.41, 5.74) is 8.21. The number of hydrogen-bond donors (Lipinski definition) is 1. The van der Waals surface area contributed by atoms with Crippen LogP contribution in [0.3, 0.4) is 0 Å². The number of rotatable bonds is 2. The quantitative estimate of drug-likeness (QED) is 0.922. The predicted molar refractivity (Wildman–Crippen MR) is 75.4 cm³/mol. The van der Waals surface area contributed by atoms with E-state index in [0.29, 0.717) is 0 Å². The summed E-state index contributed by atoms with van der Waals surface area (Å²) in [5, 5.41) is 0. The van der Waals surface area contributed by atoms with E-state index in [-0.39, 0.29) is 11.6 Å². The van der Waals surface area contributed by atoms with Crippen molar-refractivity contribution in [3.63, 3.8) is 0 Å². The third kappa shape index (κ3) is 3.42. The Morgan fingerprint density at radius 2 is 1.57 bits per heavy atom. The summed E-state index contributed by atoms with van der Waals surface area (Å²) < 4.78 is 38.2. The summed E-state index contributed by atoms with van der Waals surface area (Å²) in [5.74, 6) is -1.36. The molecule has 2 rings (SSSR count). The van der Waals surface area contributed by atoms with Crippen molar-refractivity contribution < 1.29 is 13.2 Å². The van der Waals surface area contributed by atoms with Crippen LogP contribution in [0, 0.1) is 13.8 Å². The zero-order valence-corrected chi connectivity index (χ0v) is 11.9. The van der Waals surface area contributed by atoms with Gasteiger partial charge in [-0.3, -0.25) is 0 Å². The van der Waals surface area contributed by atoms with Crippen LogP contribution < -0.4 is 10.6 Å². The Kier molecular flexibility index (Phi) is 3.76. The Labute approximate surface area is 120 Å².